The minimum Gasteiger partial charge on any atom is -0.478 e. The molecule has 14 heavy (non-hydrogen) atoms. The van der Waals surface area contributed by atoms with Crippen LogP contribution in [0.15, 0.2) is 12.3 Å². The molecule has 1 saturated carbocycles. The fraction of sp³-hybridized carbons (Fsp3) is 0.727. The molecular formula is C11H18N2O. The van der Waals surface area contributed by atoms with Crippen molar-refractivity contribution in [2.75, 3.05) is 6.56 Å². The number of nitrogens with zero attached hydrogens (tertiary/aromatic N) is 1. The summed E-state index contributed by atoms with van der Waals surface area (Å²) in [6, 6.07) is 1.63. The Bertz CT molecular complexity index is 371. The molecule has 78 valence electrons. The first kappa shape index (κ1) is 7.32. The van der Waals surface area contributed by atoms with Gasteiger partial charge < -0.3 is 4.74 Å². The largest absolute Gasteiger partial charge is 0.478 e. The fourth-order valence-corrected chi connectivity index (χ4v) is 1.91. The van der Waals surface area contributed by atoms with Crippen LogP contribution < -0.4 is 4.74 Å². The van der Waals surface area contributed by atoms with Gasteiger partial charge in [0, 0.05) is 12.0 Å². The molecule has 1 N–H and O–H groups in total. The Hall–Kier alpha value is -0.990. The second kappa shape index (κ2) is 2.75. The van der Waals surface area contributed by atoms with Crippen LogP contribution in [-0.4, -0.2) is 16.8 Å². The van der Waals surface area contributed by atoms with Gasteiger partial charge in [0.2, 0.25) is 5.88 Å². The second-order valence-electron chi connectivity index (χ2n) is 5.02. The van der Waals surface area contributed by atoms with E-state index in [-0.39, 0.29) is 16.7 Å². The van der Waals surface area contributed by atoms with Gasteiger partial charge in [0.1, 0.15) is 0 Å². The summed E-state index contributed by atoms with van der Waals surface area (Å²) in [6.07, 6.45) is 1.55. The van der Waals surface area contributed by atoms with Crippen LogP contribution in [0.25, 0.3) is 0 Å². The van der Waals surface area contributed by atoms with Crippen LogP contribution in [0.1, 0.15) is 30.4 Å². The van der Waals surface area contributed by atoms with Gasteiger partial charge in [-0.3, -0.25) is 0 Å². The molecule has 0 aromatic carbocycles. The number of nitrogens with one attached hydrogen (secondary N) is 1. The lowest BCUT2D eigenvalue weighted by atomic mass is 10.0. The van der Waals surface area contributed by atoms with Crippen LogP contribution in [0.5, 0.6) is 5.88 Å². The van der Waals surface area contributed by atoms with E-state index in [4.69, 9.17) is 7.48 Å². The van der Waals surface area contributed by atoms with E-state index in [1.54, 1.807) is 12.3 Å². The molecule has 0 radical (unpaired) electrons. The maximum atomic E-state index is 8.03. The average Bonchev–Trinajstić information content (AvgIpc) is 2.50. The molecule has 0 atom stereocenters. The summed E-state index contributed by atoms with van der Waals surface area (Å²) >= 11 is 0. The maximum Gasteiger partial charge on any atom is 0.209 e. The van der Waals surface area contributed by atoms with Crippen LogP contribution in [0, 0.1) is 16.7 Å². The highest BCUT2D eigenvalue weighted by molar-refractivity contribution is 5.13. The topological polar surface area (TPSA) is 37.9 Å². The first-order valence-corrected chi connectivity index (χ1v) is 4.88. The number of aromatic amines is 1. The van der Waals surface area contributed by atoms with E-state index in [1.165, 1.54) is 0 Å². The number of aromatic nitrogens is 2. The molecule has 1 aliphatic carbocycles. The van der Waals surface area contributed by atoms with Crippen molar-refractivity contribution in [2.45, 2.75) is 27.7 Å². The van der Waals surface area contributed by atoms with Crippen molar-refractivity contribution in [3.8, 4) is 5.88 Å². The molecule has 1 fully saturated rings. The predicted molar refractivity (Wildman–Crippen MR) is 55.1 cm³/mol. The van der Waals surface area contributed by atoms with Crippen molar-refractivity contribution in [2.24, 2.45) is 16.7 Å². The normalized spacial score (nSPS) is 26.6. The molecule has 0 aliphatic heterocycles. The van der Waals surface area contributed by atoms with Crippen molar-refractivity contribution in [3.05, 3.63) is 12.3 Å². The average molecular weight is 196 g/mol. The predicted octanol–water partition coefficient (Wildman–Crippen LogP) is 2.47. The Balaban J connectivity index is 2.16. The van der Waals surface area contributed by atoms with E-state index in [2.05, 4.69) is 37.9 Å². The van der Waals surface area contributed by atoms with Gasteiger partial charge in [0.15, 0.2) is 0 Å². The van der Waals surface area contributed by atoms with E-state index in [1.807, 2.05) is 0 Å². The molecule has 3 heteroatoms. The van der Waals surface area contributed by atoms with Gasteiger partial charge in [-0.1, -0.05) is 27.7 Å². The van der Waals surface area contributed by atoms with E-state index in [9.17, 15) is 0 Å². The summed E-state index contributed by atoms with van der Waals surface area (Å²) in [5.74, 6) is 0.263. The smallest absolute Gasteiger partial charge is 0.209 e. The van der Waals surface area contributed by atoms with Gasteiger partial charge in [-0.15, -0.1) is 0 Å². The monoisotopic (exact) mass is 196 g/mol. The first-order valence-electron chi connectivity index (χ1n) is 5.88. The Kier molecular flexibility index (Phi) is 1.44. The molecule has 0 saturated heterocycles. The maximum absolute atomic E-state index is 8.03. The van der Waals surface area contributed by atoms with Gasteiger partial charge in [-0.05, 0) is 10.8 Å². The SMILES string of the molecule is [2H]C([2H])(Oc1ccn[nH]1)C1C(C)(C)C1(C)C. The van der Waals surface area contributed by atoms with Gasteiger partial charge in [0.25, 0.3) is 0 Å². The number of rotatable bonds is 3. The third-order valence-corrected chi connectivity index (χ3v) is 3.78. The zero-order chi connectivity index (χ0) is 12.2. The van der Waals surface area contributed by atoms with Crippen molar-refractivity contribution in [3.63, 3.8) is 0 Å². The second-order valence-corrected chi connectivity index (χ2v) is 5.02. The van der Waals surface area contributed by atoms with Gasteiger partial charge in [0.05, 0.1) is 15.5 Å². The minimum atomic E-state index is -1.67. The molecule has 0 bridgehead atoms. The molecule has 0 spiro atoms. The minimum absolute atomic E-state index is 0.0451. The summed E-state index contributed by atoms with van der Waals surface area (Å²) in [4.78, 5) is 0. The van der Waals surface area contributed by atoms with Crippen LogP contribution >= 0.6 is 0 Å². The lowest BCUT2D eigenvalue weighted by molar-refractivity contribution is 0.263. The van der Waals surface area contributed by atoms with Crippen LogP contribution in [0.3, 0.4) is 0 Å². The van der Waals surface area contributed by atoms with Crippen molar-refractivity contribution in [1.82, 2.24) is 10.2 Å². The van der Waals surface area contributed by atoms with Crippen molar-refractivity contribution in [1.29, 1.82) is 0 Å². The highest BCUT2D eigenvalue weighted by Crippen LogP contribution is 2.68. The van der Waals surface area contributed by atoms with E-state index in [0.29, 0.717) is 5.88 Å². The standard InChI is InChI=1S/C11H18N2O/c1-10(2)8(11(10,3)4)7-14-9-5-6-12-13-9/h5-6,8H,7H2,1-4H3,(H,12,13)/i7D2. The van der Waals surface area contributed by atoms with Crippen LogP contribution in [-0.2, 0) is 0 Å². The lowest BCUT2D eigenvalue weighted by Crippen LogP contribution is -2.04. The fourth-order valence-electron chi connectivity index (χ4n) is 1.91. The Morgan fingerprint density at radius 2 is 2.14 bits per heavy atom. The molecule has 1 aromatic heterocycles. The highest BCUT2D eigenvalue weighted by atomic mass is 16.5. The molecule has 1 aliphatic rings. The molecule has 1 aromatic rings. The summed E-state index contributed by atoms with van der Waals surface area (Å²) < 4.78 is 21.4. The van der Waals surface area contributed by atoms with Crippen LogP contribution in [0.4, 0.5) is 0 Å². The van der Waals surface area contributed by atoms with E-state index < -0.39 is 6.56 Å². The molecule has 2 rings (SSSR count). The molecule has 0 amide bonds. The number of H-pyrrole nitrogens is 1. The molecule has 3 nitrogen and oxygen atoms in total. The summed E-state index contributed by atoms with van der Waals surface area (Å²) in [6.45, 7) is 6.63. The first-order chi connectivity index (χ1) is 7.19. The highest BCUT2D eigenvalue weighted by Gasteiger charge is 2.64. The summed E-state index contributed by atoms with van der Waals surface area (Å²) in [5, 5.41) is 6.36. The lowest BCUT2D eigenvalue weighted by Gasteiger charge is -2.03. The van der Waals surface area contributed by atoms with E-state index >= 15 is 0 Å². The third kappa shape index (κ3) is 1.22. The zero-order valence-electron chi connectivity index (χ0n) is 11.1. The summed E-state index contributed by atoms with van der Waals surface area (Å²) in [5.41, 5.74) is -0.0902. The van der Waals surface area contributed by atoms with Gasteiger partial charge in [-0.25, -0.2) is 5.10 Å². The Labute approximate surface area is 87.7 Å². The number of hydrogen-bond donors (Lipinski definition) is 1. The molecule has 1 heterocycles. The number of hydrogen-bond acceptors (Lipinski definition) is 2. The van der Waals surface area contributed by atoms with Crippen molar-refractivity contribution >= 4 is 0 Å². The van der Waals surface area contributed by atoms with Gasteiger partial charge >= 0.3 is 0 Å². The van der Waals surface area contributed by atoms with E-state index in [0.717, 1.165) is 0 Å². The number of ether oxygens (including phenoxy) is 1. The molecule has 0 unspecified atom stereocenters. The Morgan fingerprint density at radius 1 is 1.50 bits per heavy atom. The summed E-state index contributed by atoms with van der Waals surface area (Å²) in [7, 11) is 0. The molecular weight excluding hydrogens is 176 g/mol. The quantitative estimate of drug-likeness (QED) is 0.806. The third-order valence-electron chi connectivity index (χ3n) is 3.78. The van der Waals surface area contributed by atoms with Crippen LogP contribution in [0.2, 0.25) is 0 Å². The van der Waals surface area contributed by atoms with Gasteiger partial charge in [-0.2, -0.15) is 5.10 Å². The Morgan fingerprint density at radius 3 is 2.57 bits per heavy atom. The zero-order valence-corrected chi connectivity index (χ0v) is 9.09. The van der Waals surface area contributed by atoms with Crippen molar-refractivity contribution < 1.29 is 7.48 Å².